The average Bonchev–Trinajstić information content (AvgIpc) is 2.27. The summed E-state index contributed by atoms with van der Waals surface area (Å²) in [5, 5.41) is 11.0. The molecule has 0 radical (unpaired) electrons. The summed E-state index contributed by atoms with van der Waals surface area (Å²) in [4.78, 5) is 0. The zero-order valence-corrected chi connectivity index (χ0v) is 11.8. The van der Waals surface area contributed by atoms with Gasteiger partial charge in [0, 0.05) is 0 Å². The van der Waals surface area contributed by atoms with Crippen LogP contribution in [0.25, 0.3) is 0 Å². The van der Waals surface area contributed by atoms with Crippen LogP contribution in [-0.2, 0) is 5.60 Å². The Labute approximate surface area is 113 Å². The first kappa shape index (κ1) is 14.4. The third-order valence-electron chi connectivity index (χ3n) is 4.32. The first-order valence-corrected chi connectivity index (χ1v) is 6.93. The number of rotatable bonds is 1. The SMILES string of the molecule is CC(C)(C)C1CCCCC1(O)c1c(F)cccc1F. The zero-order chi connectivity index (χ0) is 14.3. The predicted molar refractivity (Wildman–Crippen MR) is 71.7 cm³/mol. The summed E-state index contributed by atoms with van der Waals surface area (Å²) >= 11 is 0. The molecule has 1 aromatic rings. The Morgan fingerprint density at radius 3 is 2.26 bits per heavy atom. The molecule has 1 aliphatic carbocycles. The van der Waals surface area contributed by atoms with Crippen molar-refractivity contribution in [1.29, 1.82) is 0 Å². The number of benzene rings is 1. The Hall–Kier alpha value is -0.960. The van der Waals surface area contributed by atoms with Crippen LogP contribution < -0.4 is 0 Å². The van der Waals surface area contributed by atoms with Crippen LogP contribution in [0, 0.1) is 23.0 Å². The van der Waals surface area contributed by atoms with Crippen molar-refractivity contribution >= 4 is 0 Å². The minimum atomic E-state index is -1.40. The summed E-state index contributed by atoms with van der Waals surface area (Å²) in [5.74, 6) is -1.42. The van der Waals surface area contributed by atoms with E-state index in [1.807, 2.05) is 20.8 Å². The van der Waals surface area contributed by atoms with E-state index in [-0.39, 0.29) is 16.9 Å². The Morgan fingerprint density at radius 1 is 1.16 bits per heavy atom. The van der Waals surface area contributed by atoms with E-state index in [1.165, 1.54) is 18.2 Å². The van der Waals surface area contributed by atoms with E-state index in [0.29, 0.717) is 6.42 Å². The summed E-state index contributed by atoms with van der Waals surface area (Å²) in [7, 11) is 0. The first-order valence-electron chi connectivity index (χ1n) is 6.93. The largest absolute Gasteiger partial charge is 0.385 e. The maximum atomic E-state index is 14.0. The fraction of sp³-hybridized carbons (Fsp3) is 0.625. The van der Waals surface area contributed by atoms with Gasteiger partial charge in [-0.1, -0.05) is 39.7 Å². The topological polar surface area (TPSA) is 20.2 Å². The Balaban J connectivity index is 2.55. The fourth-order valence-corrected chi connectivity index (χ4v) is 3.52. The molecule has 0 heterocycles. The molecule has 3 heteroatoms. The normalized spacial score (nSPS) is 28.4. The monoisotopic (exact) mass is 268 g/mol. The highest BCUT2D eigenvalue weighted by Gasteiger charge is 2.48. The molecule has 0 aromatic heterocycles. The third kappa shape index (κ3) is 2.53. The van der Waals surface area contributed by atoms with E-state index in [2.05, 4.69) is 0 Å². The molecule has 1 nitrogen and oxygen atoms in total. The van der Waals surface area contributed by atoms with E-state index in [9.17, 15) is 13.9 Å². The first-order chi connectivity index (χ1) is 8.77. The van der Waals surface area contributed by atoms with Gasteiger partial charge in [0.2, 0.25) is 0 Å². The second kappa shape index (κ2) is 4.86. The van der Waals surface area contributed by atoms with Gasteiger partial charge in [0.05, 0.1) is 11.2 Å². The van der Waals surface area contributed by atoms with Gasteiger partial charge in [0.1, 0.15) is 11.6 Å². The fourth-order valence-electron chi connectivity index (χ4n) is 3.52. The molecule has 0 spiro atoms. The van der Waals surface area contributed by atoms with Crippen molar-refractivity contribution in [3.63, 3.8) is 0 Å². The van der Waals surface area contributed by atoms with Gasteiger partial charge in [-0.3, -0.25) is 0 Å². The number of hydrogen-bond acceptors (Lipinski definition) is 1. The Bertz CT molecular complexity index is 444. The molecule has 1 aliphatic rings. The minimum absolute atomic E-state index is 0.139. The highest BCUT2D eigenvalue weighted by atomic mass is 19.1. The van der Waals surface area contributed by atoms with E-state index in [0.717, 1.165) is 19.3 Å². The van der Waals surface area contributed by atoms with Crippen molar-refractivity contribution in [3.05, 3.63) is 35.4 Å². The molecule has 0 aliphatic heterocycles. The Morgan fingerprint density at radius 2 is 1.74 bits per heavy atom. The van der Waals surface area contributed by atoms with Crippen LogP contribution >= 0.6 is 0 Å². The molecule has 1 fully saturated rings. The van der Waals surface area contributed by atoms with Gasteiger partial charge >= 0.3 is 0 Å². The summed E-state index contributed by atoms with van der Waals surface area (Å²) in [6.45, 7) is 6.06. The van der Waals surface area contributed by atoms with Crippen molar-refractivity contribution in [3.8, 4) is 0 Å². The molecule has 1 saturated carbocycles. The van der Waals surface area contributed by atoms with Crippen LogP contribution in [0.5, 0.6) is 0 Å². The number of aliphatic hydroxyl groups is 1. The van der Waals surface area contributed by atoms with Crippen molar-refractivity contribution < 1.29 is 13.9 Å². The quantitative estimate of drug-likeness (QED) is 0.801. The van der Waals surface area contributed by atoms with Gasteiger partial charge in [0.25, 0.3) is 0 Å². The van der Waals surface area contributed by atoms with Gasteiger partial charge in [-0.2, -0.15) is 0 Å². The average molecular weight is 268 g/mol. The number of halogens is 2. The van der Waals surface area contributed by atoms with Crippen LogP contribution in [-0.4, -0.2) is 5.11 Å². The van der Waals surface area contributed by atoms with Crippen LogP contribution in [0.3, 0.4) is 0 Å². The molecule has 2 rings (SSSR count). The summed E-state index contributed by atoms with van der Waals surface area (Å²) < 4.78 is 28.1. The van der Waals surface area contributed by atoms with E-state index >= 15 is 0 Å². The van der Waals surface area contributed by atoms with Crippen LogP contribution in [0.2, 0.25) is 0 Å². The number of hydrogen-bond donors (Lipinski definition) is 1. The third-order valence-corrected chi connectivity index (χ3v) is 4.32. The molecule has 0 saturated heterocycles. The van der Waals surface area contributed by atoms with Gasteiger partial charge < -0.3 is 5.11 Å². The molecule has 106 valence electrons. The highest BCUT2D eigenvalue weighted by Crippen LogP contribution is 2.50. The van der Waals surface area contributed by atoms with E-state index in [1.54, 1.807) is 0 Å². The molecular weight excluding hydrogens is 246 g/mol. The minimum Gasteiger partial charge on any atom is -0.385 e. The molecular formula is C16H22F2O. The molecule has 1 N–H and O–H groups in total. The molecule has 1 aromatic carbocycles. The van der Waals surface area contributed by atoms with Crippen LogP contribution in [0.15, 0.2) is 18.2 Å². The second-order valence-electron chi connectivity index (χ2n) is 6.69. The van der Waals surface area contributed by atoms with Crippen molar-refractivity contribution in [2.24, 2.45) is 11.3 Å². The molecule has 19 heavy (non-hydrogen) atoms. The highest BCUT2D eigenvalue weighted by molar-refractivity contribution is 5.28. The second-order valence-corrected chi connectivity index (χ2v) is 6.69. The summed E-state index contributed by atoms with van der Waals surface area (Å²) in [6, 6.07) is 3.79. The summed E-state index contributed by atoms with van der Waals surface area (Å²) in [6.07, 6.45) is 3.03. The van der Waals surface area contributed by atoms with Gasteiger partial charge in [0.15, 0.2) is 0 Å². The Kier molecular flexibility index (Phi) is 3.69. The summed E-state index contributed by atoms with van der Waals surface area (Å²) in [5.41, 5.74) is -1.73. The smallest absolute Gasteiger partial charge is 0.132 e. The lowest BCUT2D eigenvalue weighted by Crippen LogP contribution is -2.45. The standard InChI is InChI=1S/C16H22F2O/c1-15(2,3)13-9-4-5-10-16(13,19)14-11(17)7-6-8-12(14)18/h6-8,13,19H,4-5,9-10H2,1-3H3. The van der Waals surface area contributed by atoms with E-state index < -0.39 is 17.2 Å². The lowest BCUT2D eigenvalue weighted by molar-refractivity contribution is -0.100. The zero-order valence-electron chi connectivity index (χ0n) is 11.8. The van der Waals surface area contributed by atoms with Gasteiger partial charge in [-0.15, -0.1) is 0 Å². The lowest BCUT2D eigenvalue weighted by Gasteiger charge is -2.47. The van der Waals surface area contributed by atoms with E-state index in [4.69, 9.17) is 0 Å². The molecule has 2 atom stereocenters. The van der Waals surface area contributed by atoms with Crippen molar-refractivity contribution in [2.75, 3.05) is 0 Å². The van der Waals surface area contributed by atoms with Crippen molar-refractivity contribution in [2.45, 2.75) is 52.1 Å². The van der Waals surface area contributed by atoms with Crippen molar-refractivity contribution in [1.82, 2.24) is 0 Å². The lowest BCUT2D eigenvalue weighted by atomic mass is 9.61. The van der Waals surface area contributed by atoms with Crippen LogP contribution in [0.1, 0.15) is 52.0 Å². The molecule has 0 bridgehead atoms. The molecule has 2 unspecified atom stereocenters. The maximum absolute atomic E-state index is 14.0. The van der Waals surface area contributed by atoms with Gasteiger partial charge in [-0.25, -0.2) is 8.78 Å². The van der Waals surface area contributed by atoms with Crippen LogP contribution in [0.4, 0.5) is 8.78 Å². The maximum Gasteiger partial charge on any atom is 0.132 e. The molecule has 0 amide bonds. The van der Waals surface area contributed by atoms with Gasteiger partial charge in [-0.05, 0) is 36.3 Å². The predicted octanol–water partition coefficient (Wildman–Crippen LogP) is 4.39.